The van der Waals surface area contributed by atoms with E-state index in [2.05, 4.69) is 0 Å². The minimum absolute atomic E-state index is 0.180. The number of nitro benzene ring substituents is 1. The molecule has 0 fully saturated rings. The van der Waals surface area contributed by atoms with E-state index in [1.165, 1.54) is 29.2 Å². The Morgan fingerprint density at radius 3 is 2.34 bits per heavy atom. The lowest BCUT2D eigenvalue weighted by molar-refractivity contribution is -0.384. The summed E-state index contributed by atoms with van der Waals surface area (Å²) in [4.78, 5) is 37.7. The number of carbonyl (C=O) groups is 2. The van der Waals surface area contributed by atoms with Gasteiger partial charge in [-0.25, -0.2) is 13.1 Å². The van der Waals surface area contributed by atoms with Crippen molar-refractivity contribution >= 4 is 33.6 Å². The molecule has 170 valence electrons. The average molecular weight is 460 g/mol. The Bertz CT molecular complexity index is 1100. The SMILES string of the molecule is CCN(CC)C(=O)C(Cc1cccc([N+](=O)[O-])c1)C(=O)NS(=O)(=O)C=Cc1ccccc1. The zero-order valence-corrected chi connectivity index (χ0v) is 18.6. The van der Waals surface area contributed by atoms with Crippen molar-refractivity contribution in [3.63, 3.8) is 0 Å². The third-order valence-corrected chi connectivity index (χ3v) is 5.71. The van der Waals surface area contributed by atoms with Crippen molar-refractivity contribution in [2.45, 2.75) is 20.3 Å². The number of hydrogen-bond donors (Lipinski definition) is 1. The number of rotatable bonds is 10. The molecule has 0 aliphatic rings. The van der Waals surface area contributed by atoms with Gasteiger partial charge in [-0.2, -0.15) is 0 Å². The maximum atomic E-state index is 13.0. The zero-order chi connectivity index (χ0) is 23.7. The summed E-state index contributed by atoms with van der Waals surface area (Å²) in [5.74, 6) is -2.91. The van der Waals surface area contributed by atoms with Crippen molar-refractivity contribution in [1.29, 1.82) is 0 Å². The monoisotopic (exact) mass is 459 g/mol. The molecule has 1 N–H and O–H groups in total. The van der Waals surface area contributed by atoms with E-state index >= 15 is 0 Å². The van der Waals surface area contributed by atoms with Crippen LogP contribution in [0.5, 0.6) is 0 Å². The molecule has 2 rings (SSSR count). The molecule has 10 heteroatoms. The number of non-ortho nitro benzene ring substituents is 1. The van der Waals surface area contributed by atoms with Crippen LogP contribution < -0.4 is 4.72 Å². The molecule has 1 atom stereocenters. The molecule has 0 saturated carbocycles. The van der Waals surface area contributed by atoms with E-state index in [1.807, 2.05) is 4.72 Å². The highest BCUT2D eigenvalue weighted by Crippen LogP contribution is 2.18. The van der Waals surface area contributed by atoms with E-state index in [1.54, 1.807) is 50.2 Å². The van der Waals surface area contributed by atoms with Gasteiger partial charge < -0.3 is 4.90 Å². The van der Waals surface area contributed by atoms with E-state index in [0.29, 0.717) is 24.2 Å². The molecule has 0 heterocycles. The molecule has 0 aliphatic carbocycles. The van der Waals surface area contributed by atoms with Gasteiger partial charge in [0.15, 0.2) is 0 Å². The van der Waals surface area contributed by atoms with Crippen LogP contribution in [-0.2, 0) is 26.0 Å². The molecule has 2 aromatic rings. The lowest BCUT2D eigenvalue weighted by Gasteiger charge is -2.24. The molecular formula is C22H25N3O6S. The van der Waals surface area contributed by atoms with E-state index in [4.69, 9.17) is 0 Å². The van der Waals surface area contributed by atoms with Gasteiger partial charge in [0.2, 0.25) is 11.8 Å². The van der Waals surface area contributed by atoms with Crippen molar-refractivity contribution in [3.8, 4) is 0 Å². The Morgan fingerprint density at radius 2 is 1.75 bits per heavy atom. The Morgan fingerprint density at radius 1 is 1.09 bits per heavy atom. The van der Waals surface area contributed by atoms with E-state index in [9.17, 15) is 28.1 Å². The maximum absolute atomic E-state index is 13.0. The van der Waals surface area contributed by atoms with Crippen LogP contribution in [0.4, 0.5) is 5.69 Å². The second-order valence-corrected chi connectivity index (χ2v) is 8.49. The first-order valence-electron chi connectivity index (χ1n) is 9.98. The van der Waals surface area contributed by atoms with Crippen LogP contribution in [0.1, 0.15) is 25.0 Å². The van der Waals surface area contributed by atoms with Crippen LogP contribution in [0.15, 0.2) is 60.0 Å². The lowest BCUT2D eigenvalue weighted by atomic mass is 9.96. The number of benzene rings is 2. The first-order chi connectivity index (χ1) is 15.2. The Kier molecular flexibility index (Phi) is 8.65. The van der Waals surface area contributed by atoms with Gasteiger partial charge in [0.25, 0.3) is 15.7 Å². The predicted octanol–water partition coefficient (Wildman–Crippen LogP) is 2.74. The van der Waals surface area contributed by atoms with Gasteiger partial charge in [-0.15, -0.1) is 0 Å². The highest BCUT2D eigenvalue weighted by atomic mass is 32.2. The fourth-order valence-electron chi connectivity index (χ4n) is 3.06. The van der Waals surface area contributed by atoms with Crippen molar-refractivity contribution in [2.24, 2.45) is 5.92 Å². The summed E-state index contributed by atoms with van der Waals surface area (Å²) in [6, 6.07) is 14.2. The van der Waals surface area contributed by atoms with Crippen LogP contribution in [-0.4, -0.2) is 43.1 Å². The normalized spacial score (nSPS) is 12.3. The molecule has 0 aromatic heterocycles. The van der Waals surface area contributed by atoms with Crippen molar-refractivity contribution in [1.82, 2.24) is 9.62 Å². The molecule has 32 heavy (non-hydrogen) atoms. The molecule has 0 radical (unpaired) electrons. The Hall–Kier alpha value is -3.53. The fourth-order valence-corrected chi connectivity index (χ4v) is 3.89. The molecule has 0 bridgehead atoms. The first-order valence-corrected chi connectivity index (χ1v) is 11.5. The van der Waals surface area contributed by atoms with Gasteiger partial charge in [-0.1, -0.05) is 42.5 Å². The fraction of sp³-hybridized carbons (Fsp3) is 0.273. The lowest BCUT2D eigenvalue weighted by Crippen LogP contribution is -2.45. The van der Waals surface area contributed by atoms with Crippen LogP contribution in [0.3, 0.4) is 0 Å². The molecule has 1 unspecified atom stereocenters. The predicted molar refractivity (Wildman–Crippen MR) is 121 cm³/mol. The molecule has 0 aliphatic heterocycles. The summed E-state index contributed by atoms with van der Waals surface area (Å²) in [6.45, 7) is 4.13. The van der Waals surface area contributed by atoms with Crippen molar-refractivity contribution in [2.75, 3.05) is 13.1 Å². The minimum atomic E-state index is -4.17. The summed E-state index contributed by atoms with van der Waals surface area (Å²) in [6.07, 6.45) is 1.15. The van der Waals surface area contributed by atoms with Crippen LogP contribution >= 0.6 is 0 Å². The van der Waals surface area contributed by atoms with Gasteiger partial charge in [-0.05, 0) is 37.5 Å². The van der Waals surface area contributed by atoms with Gasteiger partial charge in [0, 0.05) is 25.2 Å². The number of nitrogens with one attached hydrogen (secondary N) is 1. The van der Waals surface area contributed by atoms with Gasteiger partial charge in [0.05, 0.1) is 10.3 Å². The number of nitrogens with zero attached hydrogens (tertiary/aromatic N) is 2. The van der Waals surface area contributed by atoms with Crippen LogP contribution in [0.2, 0.25) is 0 Å². The highest BCUT2D eigenvalue weighted by molar-refractivity contribution is 7.93. The molecule has 0 saturated heterocycles. The van der Waals surface area contributed by atoms with E-state index < -0.39 is 32.7 Å². The summed E-state index contributed by atoms with van der Waals surface area (Å²) in [7, 11) is -4.17. The van der Waals surface area contributed by atoms with Crippen LogP contribution in [0, 0.1) is 16.0 Å². The molecular weight excluding hydrogens is 434 g/mol. The number of nitro groups is 1. The molecule has 2 amide bonds. The Labute approximate surface area is 186 Å². The smallest absolute Gasteiger partial charge is 0.269 e. The Balaban J connectivity index is 2.29. The molecule has 2 aromatic carbocycles. The zero-order valence-electron chi connectivity index (χ0n) is 17.8. The average Bonchev–Trinajstić information content (AvgIpc) is 2.77. The highest BCUT2D eigenvalue weighted by Gasteiger charge is 2.32. The summed E-state index contributed by atoms with van der Waals surface area (Å²) < 4.78 is 26.8. The number of carbonyl (C=O) groups excluding carboxylic acids is 2. The van der Waals surface area contributed by atoms with E-state index in [-0.39, 0.29) is 12.1 Å². The minimum Gasteiger partial charge on any atom is -0.343 e. The third-order valence-electron chi connectivity index (χ3n) is 4.73. The van der Waals surface area contributed by atoms with Gasteiger partial charge in [-0.3, -0.25) is 19.7 Å². The molecule has 0 spiro atoms. The third kappa shape index (κ3) is 7.02. The number of hydrogen-bond acceptors (Lipinski definition) is 6. The number of sulfonamides is 1. The van der Waals surface area contributed by atoms with Gasteiger partial charge >= 0.3 is 0 Å². The number of amides is 2. The van der Waals surface area contributed by atoms with Crippen molar-refractivity contribution < 1.29 is 22.9 Å². The van der Waals surface area contributed by atoms with E-state index in [0.717, 1.165) is 5.41 Å². The maximum Gasteiger partial charge on any atom is 0.269 e. The summed E-state index contributed by atoms with van der Waals surface area (Å²) in [5, 5.41) is 11.9. The summed E-state index contributed by atoms with van der Waals surface area (Å²) in [5.41, 5.74) is 0.810. The largest absolute Gasteiger partial charge is 0.343 e. The van der Waals surface area contributed by atoms with Crippen LogP contribution in [0.25, 0.3) is 6.08 Å². The second kappa shape index (κ2) is 11.2. The topological polar surface area (TPSA) is 127 Å². The van der Waals surface area contributed by atoms with Gasteiger partial charge in [0.1, 0.15) is 5.92 Å². The summed E-state index contributed by atoms with van der Waals surface area (Å²) >= 11 is 0. The molecule has 9 nitrogen and oxygen atoms in total. The quantitative estimate of drug-likeness (QED) is 0.331. The second-order valence-electron chi connectivity index (χ2n) is 6.92. The van der Waals surface area contributed by atoms with Crippen molar-refractivity contribution in [3.05, 3.63) is 81.2 Å². The first kappa shape index (κ1) is 24.7. The standard InChI is InChI=1S/C22H25N3O6S/c1-3-24(4-2)22(27)20(16-18-11-8-12-19(15-18)25(28)29)21(26)23-32(30,31)14-13-17-9-6-5-7-10-17/h5-15,20H,3-4,16H2,1-2H3,(H,23,26).